The highest BCUT2D eigenvalue weighted by molar-refractivity contribution is 7.99. The number of aliphatic carboxylic acids is 1. The first kappa shape index (κ1) is 23.7. The second kappa shape index (κ2) is 9.58. The van der Waals surface area contributed by atoms with Gasteiger partial charge in [-0.3, -0.25) is 4.79 Å². The van der Waals surface area contributed by atoms with Gasteiger partial charge in [0.1, 0.15) is 0 Å². The quantitative estimate of drug-likeness (QED) is 0.253. The first-order valence-corrected chi connectivity index (χ1v) is 13.0. The summed E-state index contributed by atoms with van der Waals surface area (Å²) < 4.78 is 1.90. The summed E-state index contributed by atoms with van der Waals surface area (Å²) in [6, 6.07) is 11.0. The maximum absolute atomic E-state index is 10.5. The number of nitrogens with zero attached hydrogens (tertiary/aromatic N) is 5. The number of thioether (sulfide) groups is 1. The molecule has 2 aromatic heterocycles. The molecule has 0 amide bonds. The van der Waals surface area contributed by atoms with E-state index in [4.69, 9.17) is 19.9 Å². The van der Waals surface area contributed by atoms with Crippen molar-refractivity contribution in [2.45, 2.75) is 68.8 Å². The normalized spacial score (nSPS) is 25.3. The van der Waals surface area contributed by atoms with Crippen molar-refractivity contribution in [3.8, 4) is 0 Å². The Kier molecular flexibility index (Phi) is 6.50. The number of hydrogen-bond donors (Lipinski definition) is 3. The van der Waals surface area contributed by atoms with Gasteiger partial charge in [0.05, 0.1) is 12.1 Å². The molecule has 2 heterocycles. The van der Waals surface area contributed by atoms with Crippen LogP contribution in [0.1, 0.15) is 57.1 Å². The fraction of sp³-hybridized carbons (Fsp3) is 0.480. The Bertz CT molecular complexity index is 1240. The number of hydrogen-bond acceptors (Lipinski definition) is 8. The highest BCUT2D eigenvalue weighted by Gasteiger charge is 2.57. The lowest BCUT2D eigenvalue weighted by Crippen LogP contribution is -2.25. The van der Waals surface area contributed by atoms with Gasteiger partial charge < -0.3 is 15.5 Å². The van der Waals surface area contributed by atoms with Crippen molar-refractivity contribution >= 4 is 34.7 Å². The maximum Gasteiger partial charge on any atom is 0.300 e. The molecule has 10 heteroatoms. The zero-order valence-electron chi connectivity index (χ0n) is 19.8. The molecule has 6 rings (SSSR count). The van der Waals surface area contributed by atoms with E-state index in [0.29, 0.717) is 17.5 Å². The summed E-state index contributed by atoms with van der Waals surface area (Å²) in [7, 11) is 0. The number of aliphatic hydroxyl groups is 1. The van der Waals surface area contributed by atoms with E-state index in [1.807, 2.05) is 10.8 Å². The molecule has 3 aromatic rings. The third kappa shape index (κ3) is 4.77. The Morgan fingerprint density at radius 3 is 2.66 bits per heavy atom. The van der Waals surface area contributed by atoms with E-state index < -0.39 is 12.1 Å². The second-order valence-corrected chi connectivity index (χ2v) is 10.5. The van der Waals surface area contributed by atoms with Gasteiger partial charge in [0.25, 0.3) is 5.97 Å². The van der Waals surface area contributed by atoms with Crippen molar-refractivity contribution in [3.05, 3.63) is 48.0 Å². The molecule has 2 fully saturated rings. The van der Waals surface area contributed by atoms with Crippen molar-refractivity contribution in [1.29, 1.82) is 0 Å². The molecule has 2 saturated carbocycles. The van der Waals surface area contributed by atoms with E-state index in [0.717, 1.165) is 55.0 Å². The number of benzene rings is 1. The van der Waals surface area contributed by atoms with Crippen LogP contribution in [-0.4, -0.2) is 59.0 Å². The summed E-state index contributed by atoms with van der Waals surface area (Å²) in [6.07, 6.45) is 7.69. The van der Waals surface area contributed by atoms with Crippen LogP contribution in [0.25, 0.3) is 11.2 Å². The zero-order valence-corrected chi connectivity index (χ0v) is 20.6. The molecule has 1 spiro atoms. The number of anilines is 1. The summed E-state index contributed by atoms with van der Waals surface area (Å²) in [5.74, 6) is 1.40. The van der Waals surface area contributed by atoms with Crippen molar-refractivity contribution in [3.63, 3.8) is 0 Å². The summed E-state index contributed by atoms with van der Waals surface area (Å²) >= 11 is 1.67. The molecule has 9 nitrogen and oxygen atoms in total. The molecule has 0 saturated heterocycles. The van der Waals surface area contributed by atoms with Crippen molar-refractivity contribution in [2.24, 2.45) is 5.41 Å². The Balaban J connectivity index is 0.000000591. The zero-order chi connectivity index (χ0) is 24.6. The highest BCUT2D eigenvalue weighted by Crippen LogP contribution is 2.60. The Hall–Kier alpha value is -2.98. The fourth-order valence-corrected chi connectivity index (χ4v) is 5.48. The lowest BCUT2D eigenvalue weighted by molar-refractivity contribution is -0.134. The van der Waals surface area contributed by atoms with E-state index in [9.17, 15) is 5.11 Å². The highest BCUT2D eigenvalue weighted by atomic mass is 32.2. The lowest BCUT2D eigenvalue weighted by Gasteiger charge is -2.21. The van der Waals surface area contributed by atoms with Crippen molar-refractivity contribution in [1.82, 2.24) is 25.0 Å². The molecule has 184 valence electrons. The SMILES string of the molecule is CC(=O)O.CCCSc1nc(N[C@@H]2C[C@H]2c2ccccc2)c2nnn([C@H]3C=C[C@@H](O)C34CC4)c2n1. The van der Waals surface area contributed by atoms with Gasteiger partial charge in [-0.25, -0.2) is 14.6 Å². The second-order valence-electron chi connectivity index (χ2n) is 9.44. The molecule has 3 N–H and O–H groups in total. The maximum atomic E-state index is 10.5. The molecule has 3 aliphatic carbocycles. The van der Waals surface area contributed by atoms with E-state index in [2.05, 4.69) is 59.0 Å². The Morgan fingerprint density at radius 2 is 1.97 bits per heavy atom. The number of aliphatic hydroxyl groups excluding tert-OH is 1. The number of carbonyl (C=O) groups is 1. The van der Waals surface area contributed by atoms with Crippen LogP contribution < -0.4 is 5.32 Å². The molecule has 4 atom stereocenters. The van der Waals surface area contributed by atoms with Gasteiger partial charge in [-0.15, -0.1) is 5.10 Å². The largest absolute Gasteiger partial charge is 0.481 e. The van der Waals surface area contributed by atoms with E-state index >= 15 is 0 Å². The van der Waals surface area contributed by atoms with Crippen LogP contribution in [0.5, 0.6) is 0 Å². The van der Waals surface area contributed by atoms with Crippen LogP contribution in [0, 0.1) is 5.41 Å². The number of carboxylic acids is 1. The third-order valence-corrected chi connectivity index (χ3v) is 7.88. The number of fused-ring (bicyclic) bond motifs is 1. The van der Waals surface area contributed by atoms with Gasteiger partial charge in [0, 0.05) is 30.1 Å². The Labute approximate surface area is 208 Å². The van der Waals surface area contributed by atoms with E-state index in [1.165, 1.54) is 5.56 Å². The Morgan fingerprint density at radius 1 is 1.23 bits per heavy atom. The number of carboxylic acid groups (broad SMARTS) is 1. The molecule has 3 aliphatic rings. The summed E-state index contributed by atoms with van der Waals surface area (Å²) in [5, 5.41) is 31.2. The van der Waals surface area contributed by atoms with Gasteiger partial charge >= 0.3 is 0 Å². The topological polar surface area (TPSA) is 126 Å². The molecule has 0 bridgehead atoms. The third-order valence-electron chi connectivity index (χ3n) is 6.82. The number of allylic oxidation sites excluding steroid dienone is 1. The van der Waals surface area contributed by atoms with E-state index in [-0.39, 0.29) is 11.5 Å². The average Bonchev–Trinajstić information content (AvgIpc) is 3.73. The van der Waals surface area contributed by atoms with Crippen LogP contribution >= 0.6 is 11.8 Å². The van der Waals surface area contributed by atoms with Crippen LogP contribution in [-0.2, 0) is 4.79 Å². The van der Waals surface area contributed by atoms with Gasteiger partial charge in [0.2, 0.25) is 0 Å². The minimum atomic E-state index is -0.833. The van der Waals surface area contributed by atoms with Gasteiger partial charge in [0.15, 0.2) is 22.1 Å². The molecular weight excluding hydrogens is 464 g/mol. The first-order valence-electron chi connectivity index (χ1n) is 12.1. The predicted molar refractivity (Wildman–Crippen MR) is 135 cm³/mol. The van der Waals surface area contributed by atoms with Crippen LogP contribution in [0.4, 0.5) is 5.82 Å². The monoisotopic (exact) mass is 494 g/mol. The van der Waals surface area contributed by atoms with Gasteiger partial charge in [-0.05, 0) is 31.2 Å². The predicted octanol–water partition coefficient (Wildman–Crippen LogP) is 4.03. The molecule has 1 aromatic carbocycles. The van der Waals surface area contributed by atoms with Crippen molar-refractivity contribution < 1.29 is 15.0 Å². The van der Waals surface area contributed by atoms with Crippen molar-refractivity contribution in [2.75, 3.05) is 11.1 Å². The fourth-order valence-electron chi connectivity index (χ4n) is 4.78. The summed E-state index contributed by atoms with van der Waals surface area (Å²) in [5.41, 5.74) is 2.69. The molecule has 0 aliphatic heterocycles. The van der Waals surface area contributed by atoms with Crippen LogP contribution in [0.2, 0.25) is 0 Å². The number of rotatable bonds is 7. The average molecular weight is 495 g/mol. The lowest BCUT2D eigenvalue weighted by atomic mass is 9.97. The molecule has 0 radical (unpaired) electrons. The van der Waals surface area contributed by atoms with E-state index in [1.54, 1.807) is 11.8 Å². The molecular formula is C25H30N6O3S. The van der Waals surface area contributed by atoms with Gasteiger partial charge in [-0.2, -0.15) is 0 Å². The number of aromatic nitrogens is 5. The molecule has 35 heavy (non-hydrogen) atoms. The summed E-state index contributed by atoms with van der Waals surface area (Å²) in [4.78, 5) is 18.6. The smallest absolute Gasteiger partial charge is 0.300 e. The van der Waals surface area contributed by atoms with Crippen LogP contribution in [0.15, 0.2) is 47.6 Å². The first-order chi connectivity index (χ1) is 16.9. The summed E-state index contributed by atoms with van der Waals surface area (Å²) in [6.45, 7) is 3.24. The van der Waals surface area contributed by atoms with Gasteiger partial charge in [-0.1, -0.05) is 66.4 Å². The minimum Gasteiger partial charge on any atom is -0.481 e. The minimum absolute atomic E-state index is 0.00253. The molecule has 0 unspecified atom stereocenters. The standard InChI is InChI=1S/C23H26N6OS.C2H4O2/c1-2-12-31-22-25-20(24-16-13-15(16)14-6-4-3-5-7-14)19-21(26-22)29(28-27-19)17-8-9-18(30)23(17)10-11-23;1-2(3)4/h3-9,15-18,30H,2,10-13H2,1H3,(H,24,25,26);1H3,(H,3,4)/t15-,16+,17-,18+;/m0./s1. The van der Waals surface area contributed by atoms with Crippen LogP contribution in [0.3, 0.4) is 0 Å². The number of nitrogens with one attached hydrogen (secondary N) is 1.